The minimum absolute atomic E-state index is 1.10. The Kier molecular flexibility index (Phi) is 15.1. The molecule has 0 aliphatic carbocycles. The Balaban J connectivity index is 0. The van der Waals surface area contributed by atoms with Crippen molar-refractivity contribution in [2.75, 3.05) is 18.0 Å². The maximum absolute atomic E-state index is 2.46. The zero-order valence-electron chi connectivity index (χ0n) is 13.6. The number of aryl methyl sites for hydroxylation is 1. The van der Waals surface area contributed by atoms with Gasteiger partial charge in [-0.05, 0) is 31.4 Å². The lowest BCUT2D eigenvalue weighted by molar-refractivity contribution is 0.786. The third-order valence-electron chi connectivity index (χ3n) is 2.59. The van der Waals surface area contributed by atoms with Gasteiger partial charge < -0.3 is 4.90 Å². The van der Waals surface area contributed by atoms with E-state index in [1.54, 1.807) is 0 Å². The lowest BCUT2D eigenvalue weighted by Gasteiger charge is -2.24. The summed E-state index contributed by atoms with van der Waals surface area (Å²) >= 11 is 0. The topological polar surface area (TPSA) is 3.24 Å². The van der Waals surface area contributed by atoms with Crippen molar-refractivity contribution in [3.63, 3.8) is 0 Å². The number of rotatable bonds is 5. The fourth-order valence-electron chi connectivity index (χ4n) is 1.84. The SMILES string of the molecule is CC.CC.CCCN(CC)c1ccccc1CC. The molecule has 0 heterocycles. The first-order valence-electron chi connectivity index (χ1n) is 7.66. The van der Waals surface area contributed by atoms with E-state index >= 15 is 0 Å². The zero-order valence-corrected chi connectivity index (χ0v) is 13.6. The van der Waals surface area contributed by atoms with Crippen molar-refractivity contribution < 1.29 is 0 Å². The number of nitrogens with zero attached hydrogens (tertiary/aromatic N) is 1. The number of para-hydroxylation sites is 1. The van der Waals surface area contributed by atoms with Crippen molar-refractivity contribution >= 4 is 5.69 Å². The van der Waals surface area contributed by atoms with Gasteiger partial charge in [0.25, 0.3) is 0 Å². The van der Waals surface area contributed by atoms with Crippen LogP contribution in [0.2, 0.25) is 0 Å². The molecule has 0 aliphatic rings. The fourth-order valence-corrected chi connectivity index (χ4v) is 1.84. The van der Waals surface area contributed by atoms with E-state index in [1.807, 2.05) is 27.7 Å². The second-order valence-electron chi connectivity index (χ2n) is 3.56. The quantitative estimate of drug-likeness (QED) is 0.664. The van der Waals surface area contributed by atoms with Gasteiger partial charge in [-0.1, -0.05) is 59.7 Å². The molecule has 1 heteroatoms. The van der Waals surface area contributed by atoms with E-state index in [2.05, 4.69) is 49.9 Å². The van der Waals surface area contributed by atoms with Crippen LogP contribution in [0, 0.1) is 0 Å². The van der Waals surface area contributed by atoms with Gasteiger partial charge in [0.1, 0.15) is 0 Å². The minimum Gasteiger partial charge on any atom is -0.372 e. The number of hydrogen-bond donors (Lipinski definition) is 0. The lowest BCUT2D eigenvalue weighted by Crippen LogP contribution is -2.24. The summed E-state index contributed by atoms with van der Waals surface area (Å²) in [6.07, 6.45) is 2.34. The van der Waals surface area contributed by atoms with Crippen molar-refractivity contribution in [2.45, 2.75) is 61.3 Å². The first-order chi connectivity index (χ1) is 8.83. The second kappa shape index (κ2) is 14.1. The average molecular weight is 251 g/mol. The summed E-state index contributed by atoms with van der Waals surface area (Å²) in [7, 11) is 0. The van der Waals surface area contributed by atoms with E-state index < -0.39 is 0 Å². The van der Waals surface area contributed by atoms with E-state index in [1.165, 1.54) is 17.7 Å². The van der Waals surface area contributed by atoms with Crippen LogP contribution in [-0.2, 0) is 6.42 Å². The summed E-state index contributed by atoms with van der Waals surface area (Å²) in [6.45, 7) is 16.9. The van der Waals surface area contributed by atoms with Crippen LogP contribution >= 0.6 is 0 Å². The Morgan fingerprint density at radius 3 is 1.89 bits per heavy atom. The van der Waals surface area contributed by atoms with Gasteiger partial charge in [0.05, 0.1) is 0 Å². The van der Waals surface area contributed by atoms with Crippen LogP contribution in [0.25, 0.3) is 0 Å². The molecule has 18 heavy (non-hydrogen) atoms. The van der Waals surface area contributed by atoms with E-state index in [9.17, 15) is 0 Å². The van der Waals surface area contributed by atoms with Crippen LogP contribution in [0.3, 0.4) is 0 Å². The molecule has 1 aromatic rings. The molecular formula is C17H33N. The van der Waals surface area contributed by atoms with Crippen molar-refractivity contribution in [3.8, 4) is 0 Å². The van der Waals surface area contributed by atoms with E-state index in [0.717, 1.165) is 19.5 Å². The van der Waals surface area contributed by atoms with Crippen LogP contribution in [0.4, 0.5) is 5.69 Å². The van der Waals surface area contributed by atoms with Gasteiger partial charge in [0, 0.05) is 18.8 Å². The van der Waals surface area contributed by atoms with Crippen molar-refractivity contribution in [3.05, 3.63) is 29.8 Å². The molecular weight excluding hydrogens is 218 g/mol. The van der Waals surface area contributed by atoms with E-state index in [-0.39, 0.29) is 0 Å². The zero-order chi connectivity index (χ0) is 14.4. The van der Waals surface area contributed by atoms with Gasteiger partial charge in [-0.3, -0.25) is 0 Å². The predicted molar refractivity (Wildman–Crippen MR) is 86.7 cm³/mol. The molecule has 0 aromatic heterocycles. The molecule has 0 unspecified atom stereocenters. The molecule has 0 fully saturated rings. The Labute approximate surface area is 115 Å². The maximum atomic E-state index is 2.46. The Bertz CT molecular complexity index is 268. The smallest absolute Gasteiger partial charge is 0.0398 e. The molecule has 0 saturated heterocycles. The minimum atomic E-state index is 1.10. The van der Waals surface area contributed by atoms with Crippen LogP contribution in [0.5, 0.6) is 0 Å². The third kappa shape index (κ3) is 6.68. The molecule has 0 bridgehead atoms. The van der Waals surface area contributed by atoms with E-state index in [0.29, 0.717) is 0 Å². The molecule has 0 spiro atoms. The molecule has 0 N–H and O–H groups in total. The largest absolute Gasteiger partial charge is 0.372 e. The molecule has 0 amide bonds. The first kappa shape index (κ1) is 19.4. The Morgan fingerprint density at radius 2 is 1.44 bits per heavy atom. The average Bonchev–Trinajstić information content (AvgIpc) is 2.49. The standard InChI is InChI=1S/C13H21N.2C2H6/c1-4-11-14(6-3)13-10-8-7-9-12(13)5-2;2*1-2/h7-10H,4-6,11H2,1-3H3;2*1-2H3. The number of anilines is 1. The highest BCUT2D eigenvalue weighted by atomic mass is 15.1. The fraction of sp³-hybridized carbons (Fsp3) is 0.647. The van der Waals surface area contributed by atoms with E-state index in [4.69, 9.17) is 0 Å². The molecule has 1 aromatic carbocycles. The third-order valence-corrected chi connectivity index (χ3v) is 2.59. The van der Waals surface area contributed by atoms with Gasteiger partial charge in [-0.25, -0.2) is 0 Å². The predicted octanol–water partition coefficient (Wildman–Crippen LogP) is 5.54. The maximum Gasteiger partial charge on any atom is 0.0398 e. The first-order valence-corrected chi connectivity index (χ1v) is 7.66. The molecule has 1 rings (SSSR count). The monoisotopic (exact) mass is 251 g/mol. The highest BCUT2D eigenvalue weighted by Crippen LogP contribution is 2.20. The van der Waals surface area contributed by atoms with Gasteiger partial charge >= 0.3 is 0 Å². The summed E-state index contributed by atoms with van der Waals surface area (Å²) in [5, 5.41) is 0. The Morgan fingerprint density at radius 1 is 0.889 bits per heavy atom. The van der Waals surface area contributed by atoms with Gasteiger partial charge in [-0.15, -0.1) is 0 Å². The highest BCUT2D eigenvalue weighted by Gasteiger charge is 2.06. The number of hydrogen-bond acceptors (Lipinski definition) is 1. The van der Waals surface area contributed by atoms with Crippen LogP contribution in [-0.4, -0.2) is 13.1 Å². The van der Waals surface area contributed by atoms with Crippen LogP contribution in [0.1, 0.15) is 60.5 Å². The van der Waals surface area contributed by atoms with Crippen molar-refractivity contribution in [1.82, 2.24) is 0 Å². The summed E-state index contributed by atoms with van der Waals surface area (Å²) in [6, 6.07) is 8.72. The molecule has 106 valence electrons. The summed E-state index contributed by atoms with van der Waals surface area (Å²) in [5.41, 5.74) is 2.88. The normalized spacial score (nSPS) is 8.61. The summed E-state index contributed by atoms with van der Waals surface area (Å²) < 4.78 is 0. The number of benzene rings is 1. The molecule has 1 nitrogen and oxygen atoms in total. The molecule has 0 aliphatic heterocycles. The van der Waals surface area contributed by atoms with Gasteiger partial charge in [0.2, 0.25) is 0 Å². The van der Waals surface area contributed by atoms with Crippen LogP contribution < -0.4 is 4.90 Å². The lowest BCUT2D eigenvalue weighted by atomic mass is 10.1. The Hall–Kier alpha value is -0.980. The van der Waals surface area contributed by atoms with Crippen molar-refractivity contribution in [2.24, 2.45) is 0 Å². The molecule has 0 saturated carbocycles. The summed E-state index contributed by atoms with van der Waals surface area (Å²) in [5.74, 6) is 0. The second-order valence-corrected chi connectivity index (χ2v) is 3.56. The van der Waals surface area contributed by atoms with Gasteiger partial charge in [-0.2, -0.15) is 0 Å². The molecule has 0 atom stereocenters. The highest BCUT2D eigenvalue weighted by molar-refractivity contribution is 5.53. The molecule has 0 radical (unpaired) electrons. The van der Waals surface area contributed by atoms with Gasteiger partial charge in [0.15, 0.2) is 0 Å². The summed E-state index contributed by atoms with van der Waals surface area (Å²) in [4.78, 5) is 2.46. The van der Waals surface area contributed by atoms with Crippen molar-refractivity contribution in [1.29, 1.82) is 0 Å². The van der Waals surface area contributed by atoms with Crippen LogP contribution in [0.15, 0.2) is 24.3 Å².